The van der Waals surface area contributed by atoms with E-state index in [1.165, 1.54) is 6.08 Å². The van der Waals surface area contributed by atoms with E-state index in [1.54, 1.807) is 12.1 Å². The third-order valence-electron chi connectivity index (χ3n) is 3.99. The number of anilines is 1. The minimum absolute atomic E-state index is 0.476. The third-order valence-corrected chi connectivity index (χ3v) is 3.99. The van der Waals surface area contributed by atoms with Gasteiger partial charge in [0, 0.05) is 25.2 Å². The zero-order valence-electron chi connectivity index (χ0n) is 14.0. The average Bonchev–Trinajstić information content (AvgIpc) is 2.89. The quantitative estimate of drug-likeness (QED) is 0.612. The highest BCUT2D eigenvalue weighted by atomic mass is 16.4. The number of imidazole rings is 1. The van der Waals surface area contributed by atoms with Crippen molar-refractivity contribution in [3.63, 3.8) is 0 Å². The molecule has 0 bridgehead atoms. The van der Waals surface area contributed by atoms with Crippen molar-refractivity contribution in [2.75, 3.05) is 5.32 Å². The smallest absolute Gasteiger partial charge is 0.409 e. The zero-order chi connectivity index (χ0) is 18.7. The van der Waals surface area contributed by atoms with Crippen molar-refractivity contribution in [1.82, 2.24) is 9.55 Å². The second kappa shape index (κ2) is 7.10. The van der Waals surface area contributed by atoms with Gasteiger partial charge < -0.3 is 14.8 Å². The lowest BCUT2D eigenvalue weighted by molar-refractivity contribution is -0.131. The Kier molecular flexibility index (Phi) is 4.70. The highest BCUT2D eigenvalue weighted by molar-refractivity contribution is 5.88. The van der Waals surface area contributed by atoms with Crippen molar-refractivity contribution in [3.05, 3.63) is 65.5 Å². The van der Waals surface area contributed by atoms with Crippen LogP contribution in [0.4, 0.5) is 10.5 Å². The molecule has 132 valence electrons. The van der Waals surface area contributed by atoms with E-state index in [1.807, 2.05) is 41.9 Å². The summed E-state index contributed by atoms with van der Waals surface area (Å²) in [5, 5.41) is 19.8. The van der Waals surface area contributed by atoms with Gasteiger partial charge in [0.15, 0.2) is 0 Å². The van der Waals surface area contributed by atoms with Crippen LogP contribution in [0.2, 0.25) is 0 Å². The molecule has 1 heterocycles. The van der Waals surface area contributed by atoms with E-state index in [0.717, 1.165) is 34.1 Å². The molecule has 3 N–H and O–H groups in total. The molecular weight excluding hydrogens is 334 g/mol. The standard InChI is InChI=1S/C19H17N3O4/c1-22-16-8-7-14(20-19(25)26)11-15(16)21-17(22)10-13-4-2-12(3-5-13)6-9-18(23)24/h2-9,11,20H,10H2,1H3,(H,23,24)(H,25,26)/b9-6+. The molecule has 1 amide bonds. The molecule has 7 nitrogen and oxygen atoms in total. The first kappa shape index (κ1) is 17.2. The summed E-state index contributed by atoms with van der Waals surface area (Å²) in [6.07, 6.45) is 2.13. The summed E-state index contributed by atoms with van der Waals surface area (Å²) in [4.78, 5) is 25.9. The fraction of sp³-hybridized carbons (Fsp3) is 0.105. The van der Waals surface area contributed by atoms with Crippen LogP contribution in [0.25, 0.3) is 17.1 Å². The normalized spacial score (nSPS) is 11.1. The molecule has 26 heavy (non-hydrogen) atoms. The van der Waals surface area contributed by atoms with Crippen LogP contribution < -0.4 is 5.32 Å². The second-order valence-electron chi connectivity index (χ2n) is 5.81. The third kappa shape index (κ3) is 3.89. The summed E-state index contributed by atoms with van der Waals surface area (Å²) in [5.74, 6) is -0.133. The molecule has 0 fully saturated rings. The van der Waals surface area contributed by atoms with Gasteiger partial charge in [0.05, 0.1) is 11.0 Å². The Morgan fingerprint density at radius 2 is 1.88 bits per heavy atom. The molecule has 0 spiro atoms. The lowest BCUT2D eigenvalue weighted by atomic mass is 10.1. The molecule has 7 heteroatoms. The molecule has 0 aliphatic carbocycles. The Morgan fingerprint density at radius 1 is 1.15 bits per heavy atom. The van der Waals surface area contributed by atoms with Crippen LogP contribution in [-0.4, -0.2) is 31.8 Å². The van der Waals surface area contributed by atoms with Crippen molar-refractivity contribution >= 4 is 34.9 Å². The first-order valence-corrected chi connectivity index (χ1v) is 7.87. The van der Waals surface area contributed by atoms with Gasteiger partial charge in [-0.25, -0.2) is 14.6 Å². The molecular formula is C19H17N3O4. The number of amides is 1. The maximum Gasteiger partial charge on any atom is 0.409 e. The van der Waals surface area contributed by atoms with Crippen molar-refractivity contribution in [2.45, 2.75) is 6.42 Å². The van der Waals surface area contributed by atoms with Gasteiger partial charge in [0.2, 0.25) is 0 Å². The van der Waals surface area contributed by atoms with Crippen LogP contribution in [-0.2, 0) is 18.3 Å². The van der Waals surface area contributed by atoms with Crippen molar-refractivity contribution < 1.29 is 19.8 Å². The predicted octanol–water partition coefficient (Wildman–Crippen LogP) is 3.35. The van der Waals surface area contributed by atoms with Crippen LogP contribution in [0, 0.1) is 0 Å². The molecule has 0 atom stereocenters. The number of benzene rings is 2. The fourth-order valence-electron chi connectivity index (χ4n) is 2.71. The Bertz CT molecular complexity index is 1000. The van der Waals surface area contributed by atoms with Crippen LogP contribution in [0.3, 0.4) is 0 Å². The summed E-state index contributed by atoms with van der Waals surface area (Å²) < 4.78 is 1.97. The Balaban J connectivity index is 1.83. The van der Waals surface area contributed by atoms with Crippen LogP contribution in [0.1, 0.15) is 17.0 Å². The number of carboxylic acid groups (broad SMARTS) is 2. The zero-order valence-corrected chi connectivity index (χ0v) is 14.0. The fourth-order valence-corrected chi connectivity index (χ4v) is 2.71. The lowest BCUT2D eigenvalue weighted by Gasteiger charge is -2.04. The number of carbonyl (C=O) groups is 2. The molecule has 0 radical (unpaired) electrons. The van der Waals surface area contributed by atoms with Crippen molar-refractivity contribution in [1.29, 1.82) is 0 Å². The topological polar surface area (TPSA) is 104 Å². The largest absolute Gasteiger partial charge is 0.478 e. The number of aryl methyl sites for hydroxylation is 1. The molecule has 0 aliphatic heterocycles. The molecule has 0 unspecified atom stereocenters. The van der Waals surface area contributed by atoms with E-state index in [-0.39, 0.29) is 0 Å². The molecule has 0 aliphatic rings. The summed E-state index contributed by atoms with van der Waals surface area (Å²) in [7, 11) is 1.92. The first-order valence-electron chi connectivity index (χ1n) is 7.87. The summed E-state index contributed by atoms with van der Waals surface area (Å²) in [6, 6.07) is 12.8. The van der Waals surface area contributed by atoms with E-state index in [4.69, 9.17) is 10.2 Å². The number of aliphatic carboxylic acids is 1. The van der Waals surface area contributed by atoms with Gasteiger partial charge in [0.25, 0.3) is 0 Å². The Labute approximate surface area is 149 Å². The number of hydrogen-bond acceptors (Lipinski definition) is 3. The predicted molar refractivity (Wildman–Crippen MR) is 98.3 cm³/mol. The summed E-state index contributed by atoms with van der Waals surface area (Å²) in [5.41, 5.74) is 3.96. The molecule has 2 aromatic carbocycles. The van der Waals surface area contributed by atoms with Gasteiger partial charge in [-0.15, -0.1) is 0 Å². The van der Waals surface area contributed by atoms with E-state index >= 15 is 0 Å². The van der Waals surface area contributed by atoms with Crippen LogP contribution >= 0.6 is 0 Å². The number of carboxylic acids is 1. The van der Waals surface area contributed by atoms with Gasteiger partial charge in [-0.3, -0.25) is 5.32 Å². The Morgan fingerprint density at radius 3 is 2.54 bits per heavy atom. The average molecular weight is 351 g/mol. The number of fused-ring (bicyclic) bond motifs is 1. The summed E-state index contributed by atoms with van der Waals surface area (Å²) in [6.45, 7) is 0. The molecule has 1 aromatic heterocycles. The van der Waals surface area contributed by atoms with E-state index < -0.39 is 12.1 Å². The number of nitrogens with one attached hydrogen (secondary N) is 1. The van der Waals surface area contributed by atoms with E-state index in [9.17, 15) is 9.59 Å². The van der Waals surface area contributed by atoms with Crippen molar-refractivity contribution in [2.24, 2.45) is 7.05 Å². The Hall–Kier alpha value is -3.61. The maximum atomic E-state index is 10.8. The highest BCUT2D eigenvalue weighted by Gasteiger charge is 2.10. The lowest BCUT2D eigenvalue weighted by Crippen LogP contribution is -2.06. The SMILES string of the molecule is Cn1c(Cc2ccc(/C=C/C(=O)O)cc2)nc2cc(NC(=O)O)ccc21. The second-order valence-corrected chi connectivity index (χ2v) is 5.81. The van der Waals surface area contributed by atoms with Gasteiger partial charge in [-0.1, -0.05) is 24.3 Å². The minimum Gasteiger partial charge on any atom is -0.478 e. The monoisotopic (exact) mass is 351 g/mol. The van der Waals surface area contributed by atoms with Gasteiger partial charge >= 0.3 is 12.1 Å². The molecule has 0 saturated heterocycles. The number of hydrogen-bond donors (Lipinski definition) is 3. The number of rotatable bonds is 5. The van der Waals surface area contributed by atoms with Crippen LogP contribution in [0.5, 0.6) is 0 Å². The molecule has 3 aromatic rings. The van der Waals surface area contributed by atoms with Gasteiger partial charge in [-0.05, 0) is 35.4 Å². The number of nitrogens with zero attached hydrogens (tertiary/aromatic N) is 2. The first-order chi connectivity index (χ1) is 12.4. The maximum absolute atomic E-state index is 10.8. The van der Waals surface area contributed by atoms with Gasteiger partial charge in [0.1, 0.15) is 5.82 Å². The van der Waals surface area contributed by atoms with E-state index in [2.05, 4.69) is 10.3 Å². The van der Waals surface area contributed by atoms with E-state index in [0.29, 0.717) is 12.1 Å². The highest BCUT2D eigenvalue weighted by Crippen LogP contribution is 2.21. The summed E-state index contributed by atoms with van der Waals surface area (Å²) >= 11 is 0. The van der Waals surface area contributed by atoms with Crippen molar-refractivity contribution in [3.8, 4) is 0 Å². The number of aromatic nitrogens is 2. The molecule has 0 saturated carbocycles. The van der Waals surface area contributed by atoms with Gasteiger partial charge in [-0.2, -0.15) is 0 Å². The van der Waals surface area contributed by atoms with Crippen LogP contribution in [0.15, 0.2) is 48.5 Å². The minimum atomic E-state index is -1.11. The molecule has 3 rings (SSSR count).